The number of rotatable bonds is 2. The summed E-state index contributed by atoms with van der Waals surface area (Å²) in [7, 11) is 0. The molecule has 0 atom stereocenters. The first-order valence-corrected chi connectivity index (χ1v) is 8.38. The zero-order valence-electron chi connectivity index (χ0n) is 14.9. The topological polar surface area (TPSA) is 58.4 Å². The van der Waals surface area contributed by atoms with E-state index in [1.165, 1.54) is 0 Å². The fourth-order valence-electron chi connectivity index (χ4n) is 3.08. The third-order valence-corrected chi connectivity index (χ3v) is 4.30. The number of carbonyl (C=O) groups excluding carboxylic acids is 2. The maximum atomic E-state index is 12.9. The molecule has 0 aliphatic carbocycles. The summed E-state index contributed by atoms with van der Waals surface area (Å²) in [6.45, 7) is 12.5. The average molecular weight is 320 g/mol. The minimum Gasteiger partial charge on any atom is -0.341 e. The summed E-state index contributed by atoms with van der Waals surface area (Å²) in [6, 6.07) is 0. The van der Waals surface area contributed by atoms with Crippen LogP contribution in [0.1, 0.15) is 57.1 Å². The molecule has 1 aliphatic heterocycles. The molecule has 1 aromatic rings. The number of aromatic nitrogens is 2. The zero-order chi connectivity index (χ0) is 17.2. The molecular formula is C17H28N4O2. The first kappa shape index (κ1) is 17.5. The van der Waals surface area contributed by atoms with Gasteiger partial charge in [-0.25, -0.2) is 0 Å². The first-order chi connectivity index (χ1) is 10.8. The summed E-state index contributed by atoms with van der Waals surface area (Å²) in [5.74, 6) is 0.108. The van der Waals surface area contributed by atoms with Crippen molar-refractivity contribution in [2.75, 3.05) is 26.2 Å². The van der Waals surface area contributed by atoms with Gasteiger partial charge in [-0.15, -0.1) is 0 Å². The summed E-state index contributed by atoms with van der Waals surface area (Å²) in [4.78, 5) is 28.1. The fraction of sp³-hybridized carbons (Fsp3) is 0.706. The van der Waals surface area contributed by atoms with E-state index in [0.717, 1.165) is 25.1 Å². The molecule has 0 spiro atoms. The predicted octanol–water partition coefficient (Wildman–Crippen LogP) is 1.89. The smallest absolute Gasteiger partial charge is 0.257 e. The average Bonchev–Trinajstić information content (AvgIpc) is 2.75. The Kier molecular flexibility index (Phi) is 5.12. The van der Waals surface area contributed by atoms with E-state index in [1.54, 1.807) is 13.1 Å². The van der Waals surface area contributed by atoms with Crippen LogP contribution < -0.4 is 0 Å². The monoisotopic (exact) mass is 320 g/mol. The van der Waals surface area contributed by atoms with Crippen LogP contribution in [0.4, 0.5) is 0 Å². The Bertz CT molecular complexity index is 586. The van der Waals surface area contributed by atoms with Crippen molar-refractivity contribution >= 4 is 11.8 Å². The van der Waals surface area contributed by atoms with Crippen molar-refractivity contribution in [3.8, 4) is 0 Å². The maximum absolute atomic E-state index is 12.9. The van der Waals surface area contributed by atoms with Crippen molar-refractivity contribution < 1.29 is 9.59 Å². The Morgan fingerprint density at radius 1 is 1.13 bits per heavy atom. The van der Waals surface area contributed by atoms with E-state index in [4.69, 9.17) is 0 Å². The van der Waals surface area contributed by atoms with Crippen molar-refractivity contribution in [3.05, 3.63) is 17.5 Å². The molecule has 6 heteroatoms. The minimum atomic E-state index is -0.145. The molecule has 128 valence electrons. The molecule has 0 N–H and O–H groups in total. The van der Waals surface area contributed by atoms with Gasteiger partial charge >= 0.3 is 0 Å². The van der Waals surface area contributed by atoms with Gasteiger partial charge in [0.05, 0.1) is 23.0 Å². The molecule has 23 heavy (non-hydrogen) atoms. The van der Waals surface area contributed by atoms with Gasteiger partial charge in [-0.1, -0.05) is 6.92 Å². The lowest BCUT2D eigenvalue weighted by atomic mass is 10.1. The first-order valence-electron chi connectivity index (χ1n) is 8.38. The number of carbonyl (C=O) groups is 2. The zero-order valence-corrected chi connectivity index (χ0v) is 14.9. The van der Waals surface area contributed by atoms with Crippen LogP contribution in [-0.2, 0) is 16.8 Å². The van der Waals surface area contributed by atoms with Gasteiger partial charge in [0.25, 0.3) is 5.91 Å². The molecule has 6 nitrogen and oxygen atoms in total. The van der Waals surface area contributed by atoms with Crippen LogP contribution >= 0.6 is 0 Å². The second-order valence-electron chi connectivity index (χ2n) is 7.09. The van der Waals surface area contributed by atoms with Crippen LogP contribution in [0.2, 0.25) is 0 Å². The van der Waals surface area contributed by atoms with E-state index in [9.17, 15) is 9.59 Å². The molecule has 0 unspecified atom stereocenters. The molecule has 0 radical (unpaired) electrons. The molecule has 0 saturated carbocycles. The number of amides is 2. The lowest BCUT2D eigenvalue weighted by Gasteiger charge is -2.24. The minimum absolute atomic E-state index is 0.0303. The van der Waals surface area contributed by atoms with E-state index in [1.807, 2.05) is 14.5 Å². The lowest BCUT2D eigenvalue weighted by Crippen LogP contribution is -2.37. The predicted molar refractivity (Wildman–Crippen MR) is 89.4 cm³/mol. The largest absolute Gasteiger partial charge is 0.341 e. The van der Waals surface area contributed by atoms with Gasteiger partial charge in [-0.05, 0) is 33.6 Å². The van der Waals surface area contributed by atoms with Gasteiger partial charge in [-0.2, -0.15) is 5.10 Å². The van der Waals surface area contributed by atoms with Crippen LogP contribution in [0.25, 0.3) is 0 Å². The van der Waals surface area contributed by atoms with Crippen molar-refractivity contribution in [1.82, 2.24) is 19.6 Å². The van der Waals surface area contributed by atoms with Gasteiger partial charge < -0.3 is 9.80 Å². The SMILES string of the molecule is CCc1c(C(=O)N2CCCN(C(C)=O)CC2)cnn1C(C)(C)C. The quantitative estimate of drug-likeness (QED) is 0.836. The van der Waals surface area contributed by atoms with E-state index in [-0.39, 0.29) is 17.4 Å². The Hall–Kier alpha value is -1.85. The normalized spacial score (nSPS) is 16.4. The molecule has 1 saturated heterocycles. The Morgan fingerprint density at radius 2 is 1.74 bits per heavy atom. The third-order valence-electron chi connectivity index (χ3n) is 4.30. The van der Waals surface area contributed by atoms with Crippen LogP contribution in [-0.4, -0.2) is 57.6 Å². The highest BCUT2D eigenvalue weighted by Gasteiger charge is 2.27. The molecule has 0 aromatic carbocycles. The maximum Gasteiger partial charge on any atom is 0.257 e. The van der Waals surface area contributed by atoms with E-state index in [2.05, 4.69) is 32.8 Å². The van der Waals surface area contributed by atoms with E-state index < -0.39 is 0 Å². The van der Waals surface area contributed by atoms with Gasteiger partial charge in [0.15, 0.2) is 0 Å². The molecule has 2 rings (SSSR count). The van der Waals surface area contributed by atoms with Gasteiger partial charge in [0, 0.05) is 33.1 Å². The highest BCUT2D eigenvalue weighted by atomic mass is 16.2. The van der Waals surface area contributed by atoms with Crippen LogP contribution in [0.5, 0.6) is 0 Å². The summed E-state index contributed by atoms with van der Waals surface area (Å²) >= 11 is 0. The highest BCUT2D eigenvalue weighted by molar-refractivity contribution is 5.95. The van der Waals surface area contributed by atoms with Crippen molar-refractivity contribution in [2.24, 2.45) is 0 Å². The molecule has 2 heterocycles. The standard InChI is InChI=1S/C17H28N4O2/c1-6-15-14(12-18-21(15)17(3,4)5)16(23)20-9-7-8-19(10-11-20)13(2)22/h12H,6-11H2,1-5H3. The number of nitrogens with zero attached hydrogens (tertiary/aromatic N) is 4. The van der Waals surface area contributed by atoms with Crippen molar-refractivity contribution in [1.29, 1.82) is 0 Å². The molecule has 1 fully saturated rings. The van der Waals surface area contributed by atoms with Crippen molar-refractivity contribution in [2.45, 2.75) is 53.0 Å². The summed E-state index contributed by atoms with van der Waals surface area (Å²) in [6.07, 6.45) is 3.28. The molecule has 2 amide bonds. The lowest BCUT2D eigenvalue weighted by molar-refractivity contribution is -0.128. The Balaban J connectivity index is 2.21. The summed E-state index contributed by atoms with van der Waals surface area (Å²) in [5, 5.41) is 4.45. The van der Waals surface area contributed by atoms with Gasteiger partial charge in [0.1, 0.15) is 0 Å². The number of hydrogen-bond acceptors (Lipinski definition) is 3. The molecular weight excluding hydrogens is 292 g/mol. The van der Waals surface area contributed by atoms with Gasteiger partial charge in [0.2, 0.25) is 5.91 Å². The van der Waals surface area contributed by atoms with Crippen LogP contribution in [0.3, 0.4) is 0 Å². The Morgan fingerprint density at radius 3 is 2.30 bits per heavy atom. The van der Waals surface area contributed by atoms with Crippen LogP contribution in [0, 0.1) is 0 Å². The van der Waals surface area contributed by atoms with Gasteiger partial charge in [-0.3, -0.25) is 14.3 Å². The summed E-state index contributed by atoms with van der Waals surface area (Å²) in [5.41, 5.74) is 1.53. The summed E-state index contributed by atoms with van der Waals surface area (Å²) < 4.78 is 1.94. The Labute approximate surface area is 138 Å². The second-order valence-corrected chi connectivity index (χ2v) is 7.09. The van der Waals surface area contributed by atoms with Crippen molar-refractivity contribution in [3.63, 3.8) is 0 Å². The molecule has 0 bridgehead atoms. The van der Waals surface area contributed by atoms with Crippen LogP contribution in [0.15, 0.2) is 6.20 Å². The molecule has 1 aliphatic rings. The third kappa shape index (κ3) is 3.74. The highest BCUT2D eigenvalue weighted by Crippen LogP contribution is 2.21. The molecule has 1 aromatic heterocycles. The fourth-order valence-corrected chi connectivity index (χ4v) is 3.08. The van der Waals surface area contributed by atoms with E-state index in [0.29, 0.717) is 25.2 Å². The number of hydrogen-bond donors (Lipinski definition) is 0. The second kappa shape index (κ2) is 6.72. The van der Waals surface area contributed by atoms with E-state index >= 15 is 0 Å².